The topological polar surface area (TPSA) is 68.3 Å². The largest absolute Gasteiger partial charge is 0.339 e. The van der Waals surface area contributed by atoms with E-state index in [-0.39, 0.29) is 5.91 Å². The zero-order valence-corrected chi connectivity index (χ0v) is 12.2. The summed E-state index contributed by atoms with van der Waals surface area (Å²) in [5.41, 5.74) is 1.11. The van der Waals surface area contributed by atoms with E-state index in [0.717, 1.165) is 10.9 Å². The van der Waals surface area contributed by atoms with Gasteiger partial charge in [-0.1, -0.05) is 53.7 Å². The minimum absolute atomic E-state index is 0.273. The van der Waals surface area contributed by atoms with Gasteiger partial charge in [0.05, 0.1) is 6.42 Å². The molecule has 1 unspecified atom stereocenters. The lowest BCUT2D eigenvalue weighted by molar-refractivity contribution is -0.118. The summed E-state index contributed by atoms with van der Waals surface area (Å²) in [5.74, 6) is 0.0282. The van der Waals surface area contributed by atoms with Crippen LogP contribution in [0.1, 0.15) is 23.2 Å². The Bertz CT molecular complexity index is 935. The maximum atomic E-state index is 11.8. The van der Waals surface area contributed by atoms with E-state index in [2.05, 4.69) is 33.3 Å². The van der Waals surface area contributed by atoms with Gasteiger partial charge in [0, 0.05) is 6.21 Å². The molecule has 0 spiro atoms. The van der Waals surface area contributed by atoms with Gasteiger partial charge in [0.1, 0.15) is 5.92 Å². The van der Waals surface area contributed by atoms with Crippen LogP contribution in [0.5, 0.6) is 0 Å². The summed E-state index contributed by atoms with van der Waals surface area (Å²) in [7, 11) is 0. The van der Waals surface area contributed by atoms with E-state index in [4.69, 9.17) is 4.52 Å². The van der Waals surface area contributed by atoms with Gasteiger partial charge in [-0.2, -0.15) is 4.98 Å². The molecule has 0 bridgehead atoms. The van der Waals surface area contributed by atoms with Crippen molar-refractivity contribution in [2.45, 2.75) is 12.3 Å². The van der Waals surface area contributed by atoms with Crippen molar-refractivity contribution in [1.82, 2.24) is 10.1 Å². The van der Waals surface area contributed by atoms with Gasteiger partial charge in [0.15, 0.2) is 5.82 Å². The fourth-order valence-corrected chi connectivity index (χ4v) is 2.71. The molecule has 5 heteroatoms. The van der Waals surface area contributed by atoms with Crippen LogP contribution in [0.4, 0.5) is 0 Å². The minimum Gasteiger partial charge on any atom is -0.339 e. The van der Waals surface area contributed by atoms with Gasteiger partial charge in [0.25, 0.3) is 5.91 Å². The molecule has 0 saturated heterocycles. The first-order valence-corrected chi connectivity index (χ1v) is 7.35. The van der Waals surface area contributed by atoms with Gasteiger partial charge < -0.3 is 4.52 Å². The number of aliphatic imine (C=N–C) groups is 1. The van der Waals surface area contributed by atoms with Gasteiger partial charge in [0.2, 0.25) is 5.89 Å². The number of rotatable bonds is 3. The summed E-state index contributed by atoms with van der Waals surface area (Å²) in [6.45, 7) is 0. The summed E-state index contributed by atoms with van der Waals surface area (Å²) in [6, 6.07) is 14.3. The molecule has 0 saturated carbocycles. The lowest BCUT2D eigenvalue weighted by atomic mass is 10.0. The monoisotopic (exact) mass is 303 g/mol. The highest BCUT2D eigenvalue weighted by Crippen LogP contribution is 2.22. The molecule has 2 heterocycles. The summed E-state index contributed by atoms with van der Waals surface area (Å²) in [4.78, 5) is 19.9. The van der Waals surface area contributed by atoms with E-state index < -0.39 is 5.92 Å². The van der Waals surface area contributed by atoms with Crippen LogP contribution in [0.15, 0.2) is 64.1 Å². The van der Waals surface area contributed by atoms with Crippen molar-refractivity contribution in [3.63, 3.8) is 0 Å². The summed E-state index contributed by atoms with van der Waals surface area (Å²) < 4.78 is 5.32. The molecule has 0 N–H and O–H groups in total. The number of allylic oxidation sites excluding steroid dienone is 1. The lowest BCUT2D eigenvalue weighted by Gasteiger charge is -2.05. The molecule has 0 radical (unpaired) electrons. The normalized spacial score (nSPS) is 17.0. The molecule has 4 rings (SSSR count). The summed E-state index contributed by atoms with van der Waals surface area (Å²) >= 11 is 0. The van der Waals surface area contributed by atoms with E-state index in [1.165, 1.54) is 11.6 Å². The maximum absolute atomic E-state index is 11.8. The lowest BCUT2D eigenvalue weighted by Crippen LogP contribution is -2.12. The Hall–Kier alpha value is -3.08. The van der Waals surface area contributed by atoms with Crippen LogP contribution in [0.3, 0.4) is 0 Å². The zero-order valence-electron chi connectivity index (χ0n) is 12.2. The third-order valence-electron chi connectivity index (χ3n) is 3.84. The first-order chi connectivity index (χ1) is 11.3. The number of fused-ring (bicyclic) bond motifs is 1. The molecule has 1 aliphatic heterocycles. The molecular formula is C18H13N3O2. The van der Waals surface area contributed by atoms with Gasteiger partial charge in [-0.3, -0.25) is 4.79 Å². The Morgan fingerprint density at radius 2 is 1.96 bits per heavy atom. The van der Waals surface area contributed by atoms with Crippen LogP contribution in [0.25, 0.3) is 10.8 Å². The van der Waals surface area contributed by atoms with Crippen LogP contribution in [-0.2, 0) is 11.2 Å². The predicted octanol–water partition coefficient (Wildman–Crippen LogP) is 3.06. The molecule has 0 aliphatic carbocycles. The number of hydrogen-bond acceptors (Lipinski definition) is 4. The van der Waals surface area contributed by atoms with Crippen molar-refractivity contribution in [1.29, 1.82) is 0 Å². The standard InChI is InChI=1S/C18H13N3O2/c22-18-15(9-4-10-19-18)17-20-16(23-21-17)11-13-7-3-6-12-5-1-2-8-14(12)13/h1-10,15H,11H2. The number of benzene rings is 2. The van der Waals surface area contributed by atoms with Crippen molar-refractivity contribution in [3.8, 4) is 0 Å². The van der Waals surface area contributed by atoms with Crippen molar-refractivity contribution in [2.75, 3.05) is 0 Å². The number of hydrogen-bond donors (Lipinski definition) is 0. The van der Waals surface area contributed by atoms with Crippen LogP contribution < -0.4 is 0 Å². The number of carbonyl (C=O) groups is 1. The van der Waals surface area contributed by atoms with Crippen LogP contribution in [0.2, 0.25) is 0 Å². The number of carbonyl (C=O) groups excluding carboxylic acids is 1. The summed E-state index contributed by atoms with van der Waals surface area (Å²) in [5, 5.41) is 6.27. The number of amides is 1. The van der Waals surface area contributed by atoms with Gasteiger partial charge >= 0.3 is 0 Å². The maximum Gasteiger partial charge on any atom is 0.260 e. The third-order valence-corrected chi connectivity index (χ3v) is 3.84. The van der Waals surface area contributed by atoms with Crippen LogP contribution >= 0.6 is 0 Å². The fourth-order valence-electron chi connectivity index (χ4n) is 2.71. The third kappa shape index (κ3) is 2.57. The Kier molecular flexibility index (Phi) is 3.31. The van der Waals surface area contributed by atoms with E-state index in [1.807, 2.05) is 24.3 Å². The highest BCUT2D eigenvalue weighted by Gasteiger charge is 2.24. The number of dihydropyridines is 1. The fraction of sp³-hybridized carbons (Fsp3) is 0.111. The minimum atomic E-state index is -0.551. The Morgan fingerprint density at radius 1 is 1.09 bits per heavy atom. The zero-order chi connectivity index (χ0) is 15.6. The van der Waals surface area contributed by atoms with E-state index in [9.17, 15) is 4.79 Å². The molecular weight excluding hydrogens is 290 g/mol. The number of nitrogens with zero attached hydrogens (tertiary/aromatic N) is 3. The van der Waals surface area contributed by atoms with Crippen LogP contribution in [0, 0.1) is 0 Å². The van der Waals surface area contributed by atoms with Crippen molar-refractivity contribution in [2.24, 2.45) is 4.99 Å². The van der Waals surface area contributed by atoms with Gasteiger partial charge in [-0.05, 0) is 22.4 Å². The quantitative estimate of drug-likeness (QED) is 0.745. The average Bonchev–Trinajstić information content (AvgIpc) is 3.04. The summed E-state index contributed by atoms with van der Waals surface area (Å²) in [6.07, 6.45) is 5.44. The Balaban J connectivity index is 1.64. The smallest absolute Gasteiger partial charge is 0.260 e. The predicted molar refractivity (Wildman–Crippen MR) is 86.4 cm³/mol. The van der Waals surface area contributed by atoms with Gasteiger partial charge in [-0.25, -0.2) is 4.99 Å². The van der Waals surface area contributed by atoms with E-state index >= 15 is 0 Å². The second kappa shape index (κ2) is 5.61. The van der Waals surface area contributed by atoms with Crippen molar-refractivity contribution >= 4 is 22.9 Å². The SMILES string of the molecule is O=C1N=CC=CC1c1noc(Cc2cccc3ccccc23)n1. The molecule has 3 aromatic rings. The van der Waals surface area contributed by atoms with E-state index in [0.29, 0.717) is 18.1 Å². The second-order valence-corrected chi connectivity index (χ2v) is 5.34. The molecule has 1 aliphatic rings. The van der Waals surface area contributed by atoms with Crippen molar-refractivity contribution in [3.05, 3.63) is 71.9 Å². The Labute approximate surface area is 132 Å². The molecule has 0 fully saturated rings. The highest BCUT2D eigenvalue weighted by atomic mass is 16.5. The van der Waals surface area contributed by atoms with Crippen molar-refractivity contribution < 1.29 is 9.32 Å². The molecule has 1 atom stereocenters. The second-order valence-electron chi connectivity index (χ2n) is 5.34. The van der Waals surface area contributed by atoms with Crippen LogP contribution in [-0.4, -0.2) is 22.3 Å². The highest BCUT2D eigenvalue weighted by molar-refractivity contribution is 5.96. The molecule has 2 aromatic carbocycles. The molecule has 1 aromatic heterocycles. The first kappa shape index (κ1) is 13.6. The molecule has 23 heavy (non-hydrogen) atoms. The van der Waals surface area contributed by atoms with E-state index in [1.54, 1.807) is 12.2 Å². The van der Waals surface area contributed by atoms with Gasteiger partial charge in [-0.15, -0.1) is 0 Å². The molecule has 5 nitrogen and oxygen atoms in total. The molecule has 1 amide bonds. The number of aromatic nitrogens is 2. The Morgan fingerprint density at radius 3 is 2.87 bits per heavy atom. The average molecular weight is 303 g/mol. The first-order valence-electron chi connectivity index (χ1n) is 7.35. The molecule has 112 valence electrons.